The third kappa shape index (κ3) is 2.46. The number of nitrogens with zero attached hydrogens (tertiary/aromatic N) is 4. The molecule has 0 saturated heterocycles. The highest BCUT2D eigenvalue weighted by Gasteiger charge is 2.17. The first-order valence-electron chi connectivity index (χ1n) is 7.64. The van der Waals surface area contributed by atoms with Crippen molar-refractivity contribution >= 4 is 32.5 Å². The zero-order chi connectivity index (χ0) is 17.7. The van der Waals surface area contributed by atoms with E-state index in [-0.39, 0.29) is 0 Å². The molecule has 3 aromatic heterocycles. The molecule has 3 heterocycles. The molecule has 0 atom stereocenters. The summed E-state index contributed by atoms with van der Waals surface area (Å²) in [5, 5.41) is 0. The minimum atomic E-state index is -0.510. The molecule has 0 bridgehead atoms. The van der Waals surface area contributed by atoms with E-state index in [1.807, 2.05) is 30.4 Å². The molecule has 0 aliphatic heterocycles. The van der Waals surface area contributed by atoms with Crippen molar-refractivity contribution in [2.45, 2.75) is 13.8 Å². The zero-order valence-corrected chi connectivity index (χ0v) is 15.4. The summed E-state index contributed by atoms with van der Waals surface area (Å²) >= 11 is 3.53. The van der Waals surface area contributed by atoms with Gasteiger partial charge in [0.15, 0.2) is 4.73 Å². The molecule has 126 valence electrons. The molecule has 4 rings (SSSR count). The lowest BCUT2D eigenvalue weighted by molar-refractivity contribution is 0.419. The quantitative estimate of drug-likeness (QED) is 0.465. The molecule has 0 unspecified atom stereocenters. The summed E-state index contributed by atoms with van der Waals surface area (Å²) in [4.78, 5) is 13.0. The third-order valence-electron chi connectivity index (χ3n) is 4.21. The Labute approximate surface area is 151 Å². The molecular formula is C18H14BrFN4O. The van der Waals surface area contributed by atoms with Gasteiger partial charge in [-0.15, -0.1) is 0 Å². The van der Waals surface area contributed by atoms with Crippen molar-refractivity contribution in [3.05, 3.63) is 52.5 Å². The molecule has 0 N–H and O–H groups in total. The van der Waals surface area contributed by atoms with Gasteiger partial charge in [0.25, 0.3) is 0 Å². The Morgan fingerprint density at radius 2 is 1.84 bits per heavy atom. The van der Waals surface area contributed by atoms with E-state index >= 15 is 0 Å². The Balaban J connectivity index is 2.13. The molecule has 0 amide bonds. The minimum Gasteiger partial charge on any atom is -0.494 e. The maximum atomic E-state index is 13.1. The average Bonchev–Trinajstić information content (AvgIpc) is 2.90. The van der Waals surface area contributed by atoms with E-state index in [0.29, 0.717) is 10.5 Å². The maximum Gasteiger partial charge on any atom is 0.212 e. The summed E-state index contributed by atoms with van der Waals surface area (Å²) in [6.07, 6.45) is 1.50. The topological polar surface area (TPSA) is 52.3 Å². The van der Waals surface area contributed by atoms with Crippen LogP contribution in [0.4, 0.5) is 4.39 Å². The lowest BCUT2D eigenvalue weighted by atomic mass is 10.1. The number of methoxy groups -OCH3 is 1. The van der Waals surface area contributed by atoms with Gasteiger partial charge >= 0.3 is 0 Å². The molecule has 4 aromatic rings. The van der Waals surface area contributed by atoms with Crippen LogP contribution in [0.15, 0.2) is 35.2 Å². The van der Waals surface area contributed by atoms with Crippen LogP contribution in [0.3, 0.4) is 0 Å². The van der Waals surface area contributed by atoms with Gasteiger partial charge in [0.1, 0.15) is 11.3 Å². The molecule has 5 nitrogen and oxygen atoms in total. The van der Waals surface area contributed by atoms with E-state index in [2.05, 4.69) is 25.9 Å². The van der Waals surface area contributed by atoms with Crippen LogP contribution in [0.5, 0.6) is 5.75 Å². The number of pyridine rings is 1. The van der Waals surface area contributed by atoms with Crippen molar-refractivity contribution in [3.8, 4) is 16.9 Å². The number of aryl methyl sites for hydroxylation is 2. The number of benzene rings is 1. The van der Waals surface area contributed by atoms with Gasteiger partial charge in [0, 0.05) is 11.8 Å². The van der Waals surface area contributed by atoms with Gasteiger partial charge in [-0.2, -0.15) is 4.39 Å². The first-order chi connectivity index (χ1) is 12.0. The Morgan fingerprint density at radius 3 is 2.52 bits per heavy atom. The van der Waals surface area contributed by atoms with Gasteiger partial charge in [0.2, 0.25) is 5.95 Å². The summed E-state index contributed by atoms with van der Waals surface area (Å²) in [6, 6.07) is 6.90. The maximum absolute atomic E-state index is 13.1. The Bertz CT molecular complexity index is 1120. The van der Waals surface area contributed by atoms with Crippen molar-refractivity contribution in [2.24, 2.45) is 0 Å². The molecule has 25 heavy (non-hydrogen) atoms. The first-order valence-corrected chi connectivity index (χ1v) is 8.43. The number of imidazole rings is 1. The van der Waals surface area contributed by atoms with Gasteiger partial charge in [-0.3, -0.25) is 4.40 Å². The predicted molar refractivity (Wildman–Crippen MR) is 97.4 cm³/mol. The summed E-state index contributed by atoms with van der Waals surface area (Å²) in [7, 11) is 1.61. The van der Waals surface area contributed by atoms with Crippen LogP contribution in [0.1, 0.15) is 11.4 Å². The fourth-order valence-corrected chi connectivity index (χ4v) is 3.74. The number of ether oxygens (including phenoxy) is 1. The van der Waals surface area contributed by atoms with Crippen LogP contribution in [-0.4, -0.2) is 26.5 Å². The second kappa shape index (κ2) is 5.77. The third-order valence-corrected chi connectivity index (χ3v) is 4.74. The second-order valence-corrected chi connectivity index (χ2v) is 6.47. The molecule has 0 radical (unpaired) electrons. The van der Waals surface area contributed by atoms with Crippen molar-refractivity contribution in [3.63, 3.8) is 0 Å². The lowest BCUT2D eigenvalue weighted by Gasteiger charge is -2.12. The molecule has 0 aliphatic rings. The van der Waals surface area contributed by atoms with Gasteiger partial charge < -0.3 is 4.74 Å². The first kappa shape index (κ1) is 16.0. The number of aromatic nitrogens is 4. The van der Waals surface area contributed by atoms with Gasteiger partial charge in [-0.25, -0.2) is 15.0 Å². The molecule has 0 saturated carbocycles. The highest BCUT2D eigenvalue weighted by Crippen LogP contribution is 2.34. The van der Waals surface area contributed by atoms with Crippen LogP contribution < -0.4 is 4.74 Å². The Kier molecular flexibility index (Phi) is 3.68. The summed E-state index contributed by atoms with van der Waals surface area (Å²) in [6.45, 7) is 3.90. The zero-order valence-electron chi connectivity index (χ0n) is 13.8. The van der Waals surface area contributed by atoms with Crippen LogP contribution in [0.2, 0.25) is 0 Å². The smallest absolute Gasteiger partial charge is 0.212 e. The van der Waals surface area contributed by atoms with Gasteiger partial charge in [-0.1, -0.05) is 0 Å². The van der Waals surface area contributed by atoms with Crippen LogP contribution in [0, 0.1) is 19.8 Å². The SMILES string of the molecule is COc1cc(-c2ccc(F)nc2)cc2c1nc(C)c1c(C)nc(Br)n12. The van der Waals surface area contributed by atoms with Crippen molar-refractivity contribution in [1.29, 1.82) is 0 Å². The normalized spacial score (nSPS) is 11.4. The van der Waals surface area contributed by atoms with E-state index in [1.54, 1.807) is 13.2 Å². The van der Waals surface area contributed by atoms with E-state index < -0.39 is 5.95 Å². The van der Waals surface area contributed by atoms with E-state index in [1.165, 1.54) is 12.3 Å². The van der Waals surface area contributed by atoms with Crippen molar-refractivity contribution < 1.29 is 9.13 Å². The summed E-state index contributed by atoms with van der Waals surface area (Å²) in [5.74, 6) is 0.129. The number of rotatable bonds is 2. The van der Waals surface area contributed by atoms with Gasteiger partial charge in [0.05, 0.1) is 29.5 Å². The van der Waals surface area contributed by atoms with E-state index in [0.717, 1.165) is 39.1 Å². The molecule has 1 aromatic carbocycles. The van der Waals surface area contributed by atoms with E-state index in [9.17, 15) is 4.39 Å². The van der Waals surface area contributed by atoms with E-state index in [4.69, 9.17) is 9.72 Å². The van der Waals surface area contributed by atoms with Crippen LogP contribution in [0.25, 0.3) is 27.7 Å². The lowest BCUT2D eigenvalue weighted by Crippen LogP contribution is -1.99. The number of fused-ring (bicyclic) bond motifs is 3. The Morgan fingerprint density at radius 1 is 1.08 bits per heavy atom. The van der Waals surface area contributed by atoms with Crippen LogP contribution in [-0.2, 0) is 0 Å². The largest absolute Gasteiger partial charge is 0.494 e. The molecule has 7 heteroatoms. The fourth-order valence-electron chi connectivity index (χ4n) is 3.10. The second-order valence-electron chi connectivity index (χ2n) is 5.76. The number of halogens is 2. The fraction of sp³-hybridized carbons (Fsp3) is 0.167. The number of hydrogen-bond donors (Lipinski definition) is 0. The summed E-state index contributed by atoms with van der Waals surface area (Å²) in [5.41, 5.74) is 5.97. The highest BCUT2D eigenvalue weighted by molar-refractivity contribution is 9.10. The number of hydrogen-bond acceptors (Lipinski definition) is 4. The molecule has 0 fully saturated rings. The van der Waals surface area contributed by atoms with Gasteiger partial charge in [-0.05, 0) is 59.6 Å². The average molecular weight is 401 g/mol. The molecule has 0 spiro atoms. The molecule has 0 aliphatic carbocycles. The monoisotopic (exact) mass is 400 g/mol. The predicted octanol–water partition coefficient (Wildman–Crippen LogP) is 4.47. The highest BCUT2D eigenvalue weighted by atomic mass is 79.9. The van der Waals surface area contributed by atoms with Crippen molar-refractivity contribution in [1.82, 2.24) is 19.4 Å². The Hall–Kier alpha value is -2.54. The van der Waals surface area contributed by atoms with Crippen LogP contribution >= 0.6 is 15.9 Å². The molecular weight excluding hydrogens is 387 g/mol. The summed E-state index contributed by atoms with van der Waals surface area (Å²) < 4.78 is 21.4. The van der Waals surface area contributed by atoms with Crippen molar-refractivity contribution in [2.75, 3.05) is 7.11 Å². The standard InChI is InChI=1S/C18H14BrFN4O/c1-9-17-10(2)23-18(19)24(17)13-6-12(7-14(25-3)16(13)22-9)11-4-5-15(20)21-8-11/h4-8H,1-3H3. The minimum absolute atomic E-state index is 0.510.